The number of furan rings is 1. The Hall–Kier alpha value is -8.98. The summed E-state index contributed by atoms with van der Waals surface area (Å²) in [4.78, 5) is 2.42. The lowest BCUT2D eigenvalue weighted by Gasteiger charge is -2.34. The van der Waals surface area contributed by atoms with Gasteiger partial charge in [-0.2, -0.15) is 0 Å². The minimum Gasteiger partial charge on any atom is -0.456 e. The highest BCUT2D eigenvalue weighted by atomic mass is 16.3. The molecule has 1 aliphatic rings. The van der Waals surface area contributed by atoms with E-state index in [-0.39, 0.29) is 0 Å². The quantitative estimate of drug-likeness (QED) is 0.144. The summed E-state index contributed by atoms with van der Waals surface area (Å²) >= 11 is 0. The molecule has 0 saturated heterocycles. The first-order chi connectivity index (χ1) is 34.2. The summed E-state index contributed by atoms with van der Waals surface area (Å²) in [5.74, 6) is 0. The average Bonchev–Trinajstić information content (AvgIpc) is 3.96. The highest BCUT2D eigenvalue weighted by molar-refractivity contribution is 6.06. The van der Waals surface area contributed by atoms with E-state index >= 15 is 0 Å². The summed E-state index contributed by atoms with van der Waals surface area (Å²) in [5.41, 5.74) is 21.5. The molecule has 2 nitrogen and oxygen atoms in total. The second-order valence-corrected chi connectivity index (χ2v) is 18.0. The van der Waals surface area contributed by atoms with Crippen molar-refractivity contribution in [1.29, 1.82) is 0 Å². The summed E-state index contributed by atoms with van der Waals surface area (Å²) in [6, 6.07) is 99.3. The summed E-state index contributed by atoms with van der Waals surface area (Å²) in [7, 11) is 0. The fraction of sp³-hybridized carbons (Fsp3) is 0.0149. The van der Waals surface area contributed by atoms with Crippen LogP contribution in [-0.2, 0) is 5.41 Å². The van der Waals surface area contributed by atoms with E-state index < -0.39 is 5.41 Å². The lowest BCUT2D eigenvalue weighted by Crippen LogP contribution is -2.28. The molecule has 11 aromatic carbocycles. The van der Waals surface area contributed by atoms with Crippen LogP contribution in [0.25, 0.3) is 77.6 Å². The third-order valence-electron chi connectivity index (χ3n) is 14.2. The number of hydrogen-bond acceptors (Lipinski definition) is 2. The zero-order valence-electron chi connectivity index (χ0n) is 37.8. The maximum atomic E-state index is 6.33. The number of para-hydroxylation sites is 2. The summed E-state index contributed by atoms with van der Waals surface area (Å²) in [6.45, 7) is 0. The van der Waals surface area contributed by atoms with Crippen LogP contribution in [0.2, 0.25) is 0 Å². The van der Waals surface area contributed by atoms with Gasteiger partial charge < -0.3 is 9.32 Å². The molecule has 0 amide bonds. The van der Waals surface area contributed by atoms with Crippen LogP contribution in [0.5, 0.6) is 0 Å². The van der Waals surface area contributed by atoms with Crippen molar-refractivity contribution in [3.8, 4) is 55.6 Å². The van der Waals surface area contributed by atoms with Crippen molar-refractivity contribution >= 4 is 39.0 Å². The Balaban J connectivity index is 0.975. The van der Waals surface area contributed by atoms with Gasteiger partial charge in [0.05, 0.1) is 11.1 Å². The highest BCUT2D eigenvalue weighted by Gasteiger charge is 2.47. The SMILES string of the molecule is c1ccc(-c2cccc(-c3ccc(N(c4ccc(-c5ccc6c(c5)oc5ccccc56)cc4)c4ccccc4-c4cccc5c4-c4ccccc4C5(c4ccccc4)c4ccccc4)cc3)c2)cc1. The van der Waals surface area contributed by atoms with Crippen LogP contribution in [0.4, 0.5) is 17.1 Å². The first-order valence-corrected chi connectivity index (χ1v) is 23.7. The largest absolute Gasteiger partial charge is 0.456 e. The third-order valence-corrected chi connectivity index (χ3v) is 14.2. The van der Waals surface area contributed by atoms with Crippen LogP contribution in [0, 0.1) is 0 Å². The lowest BCUT2D eigenvalue weighted by molar-refractivity contribution is 0.669. The van der Waals surface area contributed by atoms with Gasteiger partial charge in [-0.05, 0) is 127 Å². The van der Waals surface area contributed by atoms with Gasteiger partial charge in [0.15, 0.2) is 0 Å². The maximum Gasteiger partial charge on any atom is 0.136 e. The standard InChI is InChI=1S/C67H45NO/c1-4-18-46(19-5-1)49-20-16-21-50(44-49)47-34-39-54(40-35-47)68(55-41-36-48(37-42-55)51-38-43-58-57-27-12-15-33-64(57)69-65(58)45-51)63-32-14-11-26-56(63)59-29-17-31-62-66(59)60-28-10-13-30-61(60)67(62,52-22-6-2-7-23-52)53-24-8-3-9-25-53/h1-45H. The van der Waals surface area contributed by atoms with Gasteiger partial charge in [-0.3, -0.25) is 0 Å². The Labute approximate surface area is 402 Å². The van der Waals surface area contributed by atoms with Crippen molar-refractivity contribution in [3.05, 3.63) is 295 Å². The zero-order chi connectivity index (χ0) is 45.7. The molecule has 0 N–H and O–H groups in total. The highest BCUT2D eigenvalue weighted by Crippen LogP contribution is 2.59. The molecule has 0 spiro atoms. The van der Waals surface area contributed by atoms with Crippen LogP contribution >= 0.6 is 0 Å². The monoisotopic (exact) mass is 879 g/mol. The van der Waals surface area contributed by atoms with Gasteiger partial charge in [-0.1, -0.05) is 218 Å². The van der Waals surface area contributed by atoms with Crippen LogP contribution in [0.1, 0.15) is 22.3 Å². The van der Waals surface area contributed by atoms with E-state index in [1.54, 1.807) is 0 Å². The molecule has 1 heterocycles. The Bertz CT molecular complexity index is 3780. The van der Waals surface area contributed by atoms with Gasteiger partial charge in [-0.25, -0.2) is 0 Å². The molecule has 13 rings (SSSR count). The van der Waals surface area contributed by atoms with E-state index in [9.17, 15) is 0 Å². The minimum absolute atomic E-state index is 0.506. The molecule has 324 valence electrons. The Morgan fingerprint density at radius 2 is 0.754 bits per heavy atom. The van der Waals surface area contributed by atoms with Crippen molar-refractivity contribution in [3.63, 3.8) is 0 Å². The van der Waals surface area contributed by atoms with Crippen LogP contribution < -0.4 is 4.90 Å². The second kappa shape index (κ2) is 16.7. The molecule has 12 aromatic rings. The van der Waals surface area contributed by atoms with Gasteiger partial charge in [0.2, 0.25) is 0 Å². The van der Waals surface area contributed by atoms with Crippen molar-refractivity contribution in [1.82, 2.24) is 0 Å². The second-order valence-electron chi connectivity index (χ2n) is 18.0. The van der Waals surface area contributed by atoms with Gasteiger partial charge >= 0.3 is 0 Å². The molecule has 0 radical (unpaired) electrons. The van der Waals surface area contributed by atoms with E-state index in [1.807, 2.05) is 12.1 Å². The summed E-state index contributed by atoms with van der Waals surface area (Å²) in [6.07, 6.45) is 0. The lowest BCUT2D eigenvalue weighted by atomic mass is 9.67. The van der Waals surface area contributed by atoms with E-state index in [0.717, 1.165) is 61.3 Å². The first kappa shape index (κ1) is 40.3. The molecule has 0 bridgehead atoms. The molecule has 2 heteroatoms. The molecule has 1 aromatic heterocycles. The van der Waals surface area contributed by atoms with E-state index in [0.29, 0.717) is 0 Å². The van der Waals surface area contributed by atoms with Gasteiger partial charge in [0.25, 0.3) is 0 Å². The topological polar surface area (TPSA) is 16.4 Å². The van der Waals surface area contributed by atoms with E-state index in [1.165, 1.54) is 55.6 Å². The number of nitrogens with zero attached hydrogens (tertiary/aromatic N) is 1. The Kier molecular flexibility index (Phi) is 9.77. The molecule has 0 fully saturated rings. The molecule has 0 saturated carbocycles. The molecule has 1 aliphatic carbocycles. The fourth-order valence-electron chi connectivity index (χ4n) is 11.1. The molecule has 0 unspecified atom stereocenters. The number of rotatable bonds is 9. The minimum atomic E-state index is -0.506. The van der Waals surface area contributed by atoms with Crippen molar-refractivity contribution < 1.29 is 4.42 Å². The number of hydrogen-bond donors (Lipinski definition) is 0. The Morgan fingerprint density at radius 1 is 0.290 bits per heavy atom. The maximum absolute atomic E-state index is 6.33. The molecule has 69 heavy (non-hydrogen) atoms. The van der Waals surface area contributed by atoms with Crippen molar-refractivity contribution in [2.45, 2.75) is 5.41 Å². The molecule has 0 aliphatic heterocycles. The van der Waals surface area contributed by atoms with E-state index in [4.69, 9.17) is 4.42 Å². The Morgan fingerprint density at radius 3 is 1.43 bits per heavy atom. The van der Waals surface area contributed by atoms with Gasteiger partial charge in [0, 0.05) is 27.7 Å². The van der Waals surface area contributed by atoms with E-state index in [2.05, 4.69) is 266 Å². The number of fused-ring (bicyclic) bond motifs is 6. The predicted octanol–water partition coefficient (Wildman–Crippen LogP) is 18.1. The zero-order valence-corrected chi connectivity index (χ0v) is 37.8. The molecular formula is C67H45NO. The van der Waals surface area contributed by atoms with Crippen LogP contribution in [0.3, 0.4) is 0 Å². The fourth-order valence-corrected chi connectivity index (χ4v) is 11.1. The number of anilines is 3. The van der Waals surface area contributed by atoms with Crippen LogP contribution in [-0.4, -0.2) is 0 Å². The average molecular weight is 880 g/mol. The van der Waals surface area contributed by atoms with Gasteiger partial charge in [-0.15, -0.1) is 0 Å². The predicted molar refractivity (Wildman–Crippen MR) is 287 cm³/mol. The molecule has 0 atom stereocenters. The van der Waals surface area contributed by atoms with Gasteiger partial charge in [0.1, 0.15) is 11.2 Å². The van der Waals surface area contributed by atoms with Crippen molar-refractivity contribution in [2.75, 3.05) is 4.90 Å². The van der Waals surface area contributed by atoms with Crippen LogP contribution in [0.15, 0.2) is 277 Å². The third kappa shape index (κ3) is 6.72. The molecular weight excluding hydrogens is 835 g/mol. The first-order valence-electron chi connectivity index (χ1n) is 23.7. The normalized spacial score (nSPS) is 12.5. The summed E-state index contributed by atoms with van der Waals surface area (Å²) in [5, 5.41) is 2.26. The van der Waals surface area contributed by atoms with Crippen molar-refractivity contribution in [2.24, 2.45) is 0 Å². The number of benzene rings is 11. The summed E-state index contributed by atoms with van der Waals surface area (Å²) < 4.78 is 6.33. The smallest absolute Gasteiger partial charge is 0.136 e.